The van der Waals surface area contributed by atoms with Crippen LogP contribution in [0.4, 0.5) is 0 Å². The monoisotopic (exact) mass is 222 g/mol. The molecule has 0 bridgehead atoms. The summed E-state index contributed by atoms with van der Waals surface area (Å²) in [7, 11) is 0. The zero-order valence-electron chi connectivity index (χ0n) is 10.2. The summed E-state index contributed by atoms with van der Waals surface area (Å²) >= 11 is 1.99. The van der Waals surface area contributed by atoms with Gasteiger partial charge in [0, 0.05) is 4.88 Å². The van der Waals surface area contributed by atoms with Gasteiger partial charge in [0.25, 0.3) is 0 Å². The van der Waals surface area contributed by atoms with Crippen molar-refractivity contribution in [2.24, 2.45) is 5.41 Å². The van der Waals surface area contributed by atoms with Crippen LogP contribution in [-0.2, 0) is 19.3 Å². The Morgan fingerprint density at radius 1 is 1.27 bits per heavy atom. The van der Waals surface area contributed by atoms with E-state index in [0.29, 0.717) is 5.41 Å². The summed E-state index contributed by atoms with van der Waals surface area (Å²) in [5.41, 5.74) is 4.00. The third kappa shape index (κ3) is 1.87. The van der Waals surface area contributed by atoms with Crippen LogP contribution in [0.3, 0.4) is 0 Å². The molecule has 0 atom stereocenters. The van der Waals surface area contributed by atoms with E-state index in [2.05, 4.69) is 26.2 Å². The number of hydrogen-bond donors (Lipinski definition) is 0. The summed E-state index contributed by atoms with van der Waals surface area (Å²) in [6, 6.07) is 0. The summed E-state index contributed by atoms with van der Waals surface area (Å²) < 4.78 is 0. The highest BCUT2D eigenvalue weighted by Crippen LogP contribution is 2.43. The zero-order valence-corrected chi connectivity index (χ0v) is 11.0. The molecule has 0 N–H and O–H groups in total. The highest BCUT2D eigenvalue weighted by molar-refractivity contribution is 7.10. The Morgan fingerprint density at radius 3 is 2.60 bits per heavy atom. The topological polar surface area (TPSA) is 0 Å². The van der Waals surface area contributed by atoms with Gasteiger partial charge < -0.3 is 0 Å². The molecule has 0 spiro atoms. The van der Waals surface area contributed by atoms with Gasteiger partial charge in [-0.25, -0.2) is 0 Å². The molecule has 1 aliphatic rings. The average Bonchev–Trinajstić information content (AvgIpc) is 2.70. The van der Waals surface area contributed by atoms with E-state index in [4.69, 9.17) is 0 Å². The lowest BCUT2D eigenvalue weighted by Crippen LogP contribution is -2.27. The Labute approximate surface area is 97.7 Å². The molecule has 0 saturated carbocycles. The molecule has 1 heterocycles. The van der Waals surface area contributed by atoms with Crippen LogP contribution in [0.5, 0.6) is 0 Å². The van der Waals surface area contributed by atoms with Crippen molar-refractivity contribution < 1.29 is 0 Å². The molecule has 0 nitrogen and oxygen atoms in total. The van der Waals surface area contributed by atoms with Gasteiger partial charge in [0.15, 0.2) is 0 Å². The van der Waals surface area contributed by atoms with Crippen LogP contribution in [0.25, 0.3) is 0 Å². The molecule has 0 unspecified atom stereocenters. The largest absolute Gasteiger partial charge is 0.148 e. The molecule has 0 fully saturated rings. The predicted molar refractivity (Wildman–Crippen MR) is 68.7 cm³/mol. The van der Waals surface area contributed by atoms with E-state index in [-0.39, 0.29) is 0 Å². The van der Waals surface area contributed by atoms with Gasteiger partial charge in [-0.15, -0.1) is 11.3 Å². The van der Waals surface area contributed by atoms with Gasteiger partial charge in [-0.2, -0.15) is 0 Å². The number of thiophene rings is 1. The number of rotatable bonds is 3. The SMILES string of the molecule is CCc1scc2c1CC(CC)(CC)CC2. The summed E-state index contributed by atoms with van der Waals surface area (Å²) in [6.45, 7) is 7.03. The lowest BCUT2D eigenvalue weighted by atomic mass is 9.69. The molecular formula is C14H22S. The molecule has 0 saturated heterocycles. The first-order valence-corrected chi connectivity index (χ1v) is 7.20. The lowest BCUT2D eigenvalue weighted by Gasteiger charge is -2.36. The van der Waals surface area contributed by atoms with E-state index in [1.807, 2.05) is 11.3 Å². The first-order valence-electron chi connectivity index (χ1n) is 6.32. The van der Waals surface area contributed by atoms with Gasteiger partial charge in [-0.3, -0.25) is 0 Å². The highest BCUT2D eigenvalue weighted by Gasteiger charge is 2.32. The van der Waals surface area contributed by atoms with Crippen molar-refractivity contribution in [3.8, 4) is 0 Å². The van der Waals surface area contributed by atoms with Crippen LogP contribution >= 0.6 is 11.3 Å². The maximum atomic E-state index is 2.41. The second kappa shape index (κ2) is 4.29. The minimum Gasteiger partial charge on any atom is -0.148 e. The van der Waals surface area contributed by atoms with Crippen LogP contribution in [0.1, 0.15) is 56.0 Å². The van der Waals surface area contributed by atoms with Crippen molar-refractivity contribution in [2.75, 3.05) is 0 Å². The number of hydrogen-bond acceptors (Lipinski definition) is 1. The van der Waals surface area contributed by atoms with E-state index >= 15 is 0 Å². The van der Waals surface area contributed by atoms with E-state index in [1.54, 1.807) is 16.0 Å². The molecule has 1 heteroatoms. The zero-order chi connectivity index (χ0) is 10.9. The highest BCUT2D eigenvalue weighted by atomic mass is 32.1. The predicted octanol–water partition coefficient (Wildman–Crippen LogP) is 4.61. The molecular weight excluding hydrogens is 200 g/mol. The summed E-state index contributed by atoms with van der Waals surface area (Å²) in [4.78, 5) is 1.65. The first-order chi connectivity index (χ1) is 7.24. The van der Waals surface area contributed by atoms with Crippen molar-refractivity contribution in [2.45, 2.75) is 59.3 Å². The second-order valence-electron chi connectivity index (χ2n) is 4.90. The van der Waals surface area contributed by atoms with Crippen LogP contribution in [0.2, 0.25) is 0 Å². The van der Waals surface area contributed by atoms with Crippen LogP contribution in [-0.4, -0.2) is 0 Å². The first kappa shape index (κ1) is 11.2. The Hall–Kier alpha value is -0.300. The molecule has 0 aliphatic heterocycles. The van der Waals surface area contributed by atoms with Gasteiger partial charge in [-0.05, 0) is 47.6 Å². The molecule has 0 amide bonds. The minimum atomic E-state index is 0.623. The fourth-order valence-electron chi connectivity index (χ4n) is 2.90. The third-order valence-electron chi connectivity index (χ3n) is 4.37. The average molecular weight is 222 g/mol. The van der Waals surface area contributed by atoms with E-state index in [0.717, 1.165) is 0 Å². The van der Waals surface area contributed by atoms with Gasteiger partial charge in [0.1, 0.15) is 0 Å². The molecule has 15 heavy (non-hydrogen) atoms. The van der Waals surface area contributed by atoms with Gasteiger partial charge in [0.05, 0.1) is 0 Å². The molecule has 1 aromatic rings. The summed E-state index contributed by atoms with van der Waals surface area (Å²) in [5, 5.41) is 2.41. The van der Waals surface area contributed by atoms with Crippen LogP contribution in [0.15, 0.2) is 5.38 Å². The second-order valence-corrected chi connectivity index (χ2v) is 5.86. The quantitative estimate of drug-likeness (QED) is 0.701. The maximum absolute atomic E-state index is 2.41. The van der Waals surface area contributed by atoms with Crippen molar-refractivity contribution in [3.63, 3.8) is 0 Å². The van der Waals surface area contributed by atoms with Crippen molar-refractivity contribution in [1.82, 2.24) is 0 Å². The van der Waals surface area contributed by atoms with Crippen LogP contribution in [0, 0.1) is 5.41 Å². The van der Waals surface area contributed by atoms with E-state index in [9.17, 15) is 0 Å². The lowest BCUT2D eigenvalue weighted by molar-refractivity contribution is 0.224. The molecule has 1 aliphatic carbocycles. The Balaban J connectivity index is 2.31. The number of fused-ring (bicyclic) bond motifs is 1. The van der Waals surface area contributed by atoms with Crippen molar-refractivity contribution in [3.05, 3.63) is 21.4 Å². The summed E-state index contributed by atoms with van der Waals surface area (Å²) in [5.74, 6) is 0. The minimum absolute atomic E-state index is 0.623. The normalized spacial score (nSPS) is 18.9. The fraction of sp³-hybridized carbons (Fsp3) is 0.714. The van der Waals surface area contributed by atoms with Crippen LogP contribution < -0.4 is 0 Å². The molecule has 2 rings (SSSR count). The van der Waals surface area contributed by atoms with Gasteiger partial charge >= 0.3 is 0 Å². The van der Waals surface area contributed by atoms with E-state index < -0.39 is 0 Å². The Morgan fingerprint density at radius 2 is 2.00 bits per heavy atom. The third-order valence-corrected chi connectivity index (χ3v) is 5.59. The standard InChI is InChI=1S/C14H22S/c1-4-13-12-9-14(5-2,6-3)8-7-11(12)10-15-13/h10H,4-9H2,1-3H3. The summed E-state index contributed by atoms with van der Waals surface area (Å²) in [6.07, 6.45) is 8.01. The molecule has 0 radical (unpaired) electrons. The van der Waals surface area contributed by atoms with Crippen molar-refractivity contribution in [1.29, 1.82) is 0 Å². The van der Waals surface area contributed by atoms with Crippen molar-refractivity contribution >= 4 is 11.3 Å². The van der Waals surface area contributed by atoms with Gasteiger partial charge in [0.2, 0.25) is 0 Å². The Bertz CT molecular complexity index is 318. The maximum Gasteiger partial charge on any atom is 0.00775 e. The molecule has 84 valence electrons. The number of aryl methyl sites for hydroxylation is 2. The smallest absolute Gasteiger partial charge is 0.00775 e. The molecule has 1 aromatic heterocycles. The Kier molecular flexibility index (Phi) is 3.20. The van der Waals surface area contributed by atoms with E-state index in [1.165, 1.54) is 38.5 Å². The van der Waals surface area contributed by atoms with Gasteiger partial charge in [-0.1, -0.05) is 33.6 Å². The fourth-order valence-corrected chi connectivity index (χ4v) is 3.96. The molecule has 0 aromatic carbocycles.